The van der Waals surface area contributed by atoms with E-state index in [4.69, 9.17) is 18.7 Å². The summed E-state index contributed by atoms with van der Waals surface area (Å²) in [6.45, 7) is 21.7. The molecule has 0 atom stereocenters. The molecule has 1 amide bonds. The van der Waals surface area contributed by atoms with Gasteiger partial charge in [0.25, 0.3) is 0 Å². The third kappa shape index (κ3) is 11.3. The van der Waals surface area contributed by atoms with Crippen molar-refractivity contribution in [2.24, 2.45) is 5.41 Å². The zero-order valence-corrected chi connectivity index (χ0v) is 20.4. The Bertz CT molecular complexity index is 825. The molecule has 0 N–H and O–H groups in total. The minimum Gasteiger partial charge on any atom is 0 e. The summed E-state index contributed by atoms with van der Waals surface area (Å²) < 4.78 is 27.9. The van der Waals surface area contributed by atoms with E-state index in [1.807, 2.05) is 26.8 Å². The molecule has 2 aromatic rings. The number of benzene rings is 2. The molecule has 2 rings (SSSR count). The van der Waals surface area contributed by atoms with Gasteiger partial charge in [-0.2, -0.15) is 0 Å². The Morgan fingerprint density at radius 1 is 0.906 bits per heavy atom. The number of hydrogen-bond donors (Lipinski definition) is 0. The maximum absolute atomic E-state index is 13.0. The Morgan fingerprint density at radius 2 is 1.44 bits per heavy atom. The third-order valence-corrected chi connectivity index (χ3v) is 4.26. The van der Waals surface area contributed by atoms with Crippen molar-refractivity contribution in [2.75, 3.05) is 18.7 Å². The Hall–Kier alpha value is -2.38. The van der Waals surface area contributed by atoms with Gasteiger partial charge in [0, 0.05) is 29.9 Å². The van der Waals surface area contributed by atoms with Crippen LogP contribution in [0.1, 0.15) is 37.5 Å². The second kappa shape index (κ2) is 19.3. The first kappa shape index (κ1) is 34.2. The molecule has 0 saturated heterocycles. The summed E-state index contributed by atoms with van der Waals surface area (Å²) in [5.41, 5.74) is 4.10. The van der Waals surface area contributed by atoms with Crippen molar-refractivity contribution < 1.29 is 40.8 Å². The number of rotatable bonds is 6. The van der Waals surface area contributed by atoms with Crippen LogP contribution < -0.4 is 4.90 Å². The zero-order chi connectivity index (χ0) is 24.4. The van der Waals surface area contributed by atoms with Gasteiger partial charge in [-0.15, -0.1) is 0 Å². The van der Waals surface area contributed by atoms with E-state index in [0.29, 0.717) is 0 Å². The quantitative estimate of drug-likeness (QED) is 0.346. The smallest absolute Gasteiger partial charge is 0 e. The maximum Gasteiger partial charge on any atom is 0 e. The van der Waals surface area contributed by atoms with Crippen LogP contribution in [0.4, 0.5) is 5.69 Å². The Morgan fingerprint density at radius 3 is 1.91 bits per heavy atom. The number of carbonyl (C=O) groups excluding carboxylic acids is 1. The van der Waals surface area contributed by atoms with Crippen LogP contribution in [0.15, 0.2) is 48.5 Å². The molecule has 0 bridgehead atoms. The summed E-state index contributed by atoms with van der Waals surface area (Å²) in [5.74, 6) is 0.0737. The number of carbonyl (C=O) groups is 1. The Kier molecular flexibility index (Phi) is 20.7. The molecule has 0 fully saturated rings. The summed E-state index contributed by atoms with van der Waals surface area (Å²) in [6, 6.07) is 16.7. The molecule has 0 saturated carbocycles. The number of ether oxygens (including phenoxy) is 1. The maximum atomic E-state index is 13.0. The molecule has 32 heavy (non-hydrogen) atoms. The summed E-state index contributed by atoms with van der Waals surface area (Å²) in [7, 11) is 1.63. The number of nitrogens with zero attached hydrogens (tertiary/aromatic N) is 1. The third-order valence-electron chi connectivity index (χ3n) is 4.26. The van der Waals surface area contributed by atoms with Gasteiger partial charge in [0.15, 0.2) is 0 Å². The van der Waals surface area contributed by atoms with Crippen LogP contribution in [0.5, 0.6) is 0 Å². The van der Waals surface area contributed by atoms with Gasteiger partial charge in [0.2, 0.25) is 5.91 Å². The number of aryl methyl sites for hydroxylation is 3. The minimum absolute atomic E-state index is 0. The average Bonchev–Trinajstić information content (AvgIpc) is 2.80. The monoisotopic (exact) mass is 475 g/mol. The van der Waals surface area contributed by atoms with Crippen LogP contribution in [0.3, 0.4) is 0 Å². The average molecular weight is 476 g/mol. The van der Waals surface area contributed by atoms with Crippen molar-refractivity contribution in [3.05, 3.63) is 85.2 Å². The zero-order valence-electron chi connectivity index (χ0n) is 19.1. The molecule has 0 spiro atoms. The van der Waals surface area contributed by atoms with Gasteiger partial charge in [-0.25, -0.2) is 0 Å². The first-order valence-corrected chi connectivity index (χ1v) is 9.39. The predicted octanol–water partition coefficient (Wildman–Crippen LogP) is 4.65. The molecule has 2 aromatic carbocycles. The van der Waals surface area contributed by atoms with E-state index in [1.54, 1.807) is 12.0 Å². The summed E-state index contributed by atoms with van der Waals surface area (Å²) in [6.07, 6.45) is 1.83. The van der Waals surface area contributed by atoms with E-state index in [-0.39, 0.29) is 30.0 Å². The molecule has 0 radical (unpaired) electrons. The molecule has 0 aliphatic carbocycles. The van der Waals surface area contributed by atoms with Gasteiger partial charge in [0.05, 0.1) is 5.69 Å². The fraction of sp³-hybridized carbons (Fsp3) is 0.360. The first-order valence-electron chi connectivity index (χ1n) is 9.39. The van der Waals surface area contributed by atoms with Crippen molar-refractivity contribution >= 4 is 11.6 Å². The van der Waals surface area contributed by atoms with Crippen LogP contribution in [0.25, 0.3) is 0 Å². The molecule has 170 valence electrons. The van der Waals surface area contributed by atoms with Gasteiger partial charge in [-0.05, 0) is 36.5 Å². The van der Waals surface area contributed by atoms with Crippen molar-refractivity contribution in [1.29, 1.82) is 0 Å². The molecule has 0 aliphatic rings. The standard InChI is InChI=1S/C22H29NO2.3CO.Cr/c1-17-10-9-13-19(15-14-18-11-7-6-8-12-18)20(17)23(16-25-5)21(24)22(2,3)4;3*1-2;/h6-13H,14-16H2,1-5H3;;;;. The summed E-state index contributed by atoms with van der Waals surface area (Å²) >= 11 is 0. The second-order valence-corrected chi connectivity index (χ2v) is 7.47. The Labute approximate surface area is 202 Å². The van der Waals surface area contributed by atoms with Crippen LogP contribution >= 0.6 is 0 Å². The minimum atomic E-state index is -0.461. The first-order chi connectivity index (χ1) is 14.8. The van der Waals surface area contributed by atoms with Crippen molar-refractivity contribution in [2.45, 2.75) is 40.5 Å². The van der Waals surface area contributed by atoms with Gasteiger partial charge in [-0.1, -0.05) is 69.3 Å². The fourth-order valence-electron chi connectivity index (χ4n) is 2.99. The van der Waals surface area contributed by atoms with Crippen LogP contribution in [0.2, 0.25) is 0 Å². The van der Waals surface area contributed by atoms with E-state index in [2.05, 4.69) is 69.3 Å². The SMILES string of the molecule is COCN(C(=O)C(C)(C)C)c1c(C)cccc1CCc1ccccc1.[C-]#[O+].[C-]#[O+].[C-]#[O+].[Cr]. The number of methoxy groups -OCH3 is 1. The number of para-hydroxylation sites is 1. The van der Waals surface area contributed by atoms with E-state index >= 15 is 0 Å². The topological polar surface area (TPSA) is 89.2 Å². The molecule has 0 unspecified atom stereocenters. The summed E-state index contributed by atoms with van der Waals surface area (Å²) in [5, 5.41) is 0. The van der Waals surface area contributed by atoms with Gasteiger partial charge in [0.1, 0.15) is 6.73 Å². The van der Waals surface area contributed by atoms with Crippen LogP contribution in [-0.4, -0.2) is 19.7 Å². The van der Waals surface area contributed by atoms with E-state index < -0.39 is 5.41 Å². The normalized spacial score (nSPS) is 9.09. The molecule has 0 heterocycles. The molecule has 0 aliphatic heterocycles. The van der Waals surface area contributed by atoms with Crippen molar-refractivity contribution in [3.8, 4) is 0 Å². The Balaban J connectivity index is -0.00000111. The fourth-order valence-corrected chi connectivity index (χ4v) is 2.99. The van der Waals surface area contributed by atoms with Gasteiger partial charge >= 0.3 is 33.9 Å². The summed E-state index contributed by atoms with van der Waals surface area (Å²) in [4.78, 5) is 14.8. The van der Waals surface area contributed by atoms with Crippen LogP contribution in [-0.2, 0) is 53.7 Å². The molecular weight excluding hydrogens is 446 g/mol. The van der Waals surface area contributed by atoms with E-state index in [0.717, 1.165) is 24.1 Å². The number of hydrogen-bond acceptors (Lipinski definition) is 2. The van der Waals surface area contributed by atoms with Gasteiger partial charge < -0.3 is 4.74 Å². The van der Waals surface area contributed by atoms with E-state index in [9.17, 15) is 4.79 Å². The molecule has 6 nitrogen and oxygen atoms in total. The molecule has 0 aromatic heterocycles. The van der Waals surface area contributed by atoms with E-state index in [1.165, 1.54) is 11.1 Å². The predicted molar refractivity (Wildman–Crippen MR) is 116 cm³/mol. The molecule has 7 heteroatoms. The number of amides is 1. The largest absolute Gasteiger partial charge is 0 e. The van der Waals surface area contributed by atoms with Gasteiger partial charge in [-0.3, -0.25) is 9.69 Å². The molecular formula is C25H29CrNO5. The second-order valence-electron chi connectivity index (χ2n) is 7.47. The van der Waals surface area contributed by atoms with Crippen molar-refractivity contribution in [1.82, 2.24) is 0 Å². The van der Waals surface area contributed by atoms with Crippen LogP contribution in [0, 0.1) is 32.3 Å². The number of anilines is 1. The van der Waals surface area contributed by atoms with Crippen molar-refractivity contribution in [3.63, 3.8) is 0 Å².